The summed E-state index contributed by atoms with van der Waals surface area (Å²) >= 11 is 0. The van der Waals surface area contributed by atoms with Gasteiger partial charge in [0.2, 0.25) is 0 Å². The molecular weight excluding hydrogens is 114 g/mol. The van der Waals surface area contributed by atoms with Gasteiger partial charge < -0.3 is 0 Å². The average Bonchev–Trinajstić information content (AvgIpc) is 1.85. The molecule has 0 aliphatic rings. The van der Waals surface area contributed by atoms with Gasteiger partial charge in [-0.1, -0.05) is 18.7 Å². The van der Waals surface area contributed by atoms with Crippen LogP contribution in [0.3, 0.4) is 0 Å². The first kappa shape index (κ1) is 7.82. The van der Waals surface area contributed by atoms with Crippen LogP contribution in [0.1, 0.15) is 6.92 Å². The molecule has 0 fully saturated rings. The summed E-state index contributed by atoms with van der Waals surface area (Å²) in [4.78, 5) is 9.52. The van der Waals surface area contributed by atoms with Crippen LogP contribution in [0, 0.1) is 4.91 Å². The fraction of sp³-hybridized carbons (Fsp3) is 0.143. The van der Waals surface area contributed by atoms with Crippen LogP contribution < -0.4 is 0 Å². The molecular formula is C7H9NO. The zero-order valence-electron chi connectivity index (χ0n) is 5.37. The maximum absolute atomic E-state index is 9.52. The van der Waals surface area contributed by atoms with Crippen LogP contribution in [-0.4, -0.2) is 0 Å². The molecule has 0 atom stereocenters. The second kappa shape index (κ2) is 4.97. The summed E-state index contributed by atoms with van der Waals surface area (Å²) < 4.78 is 0. The van der Waals surface area contributed by atoms with Crippen LogP contribution in [-0.2, 0) is 0 Å². The van der Waals surface area contributed by atoms with Crippen molar-refractivity contribution in [3.8, 4) is 0 Å². The summed E-state index contributed by atoms with van der Waals surface area (Å²) in [6.45, 7) is 5.35. The number of hydrogen-bond acceptors (Lipinski definition) is 2. The zero-order chi connectivity index (χ0) is 7.11. The molecule has 0 saturated carbocycles. The Kier molecular flexibility index (Phi) is 4.32. The lowest BCUT2D eigenvalue weighted by molar-refractivity contribution is 1.46. The Morgan fingerprint density at radius 2 is 2.33 bits per heavy atom. The highest BCUT2D eigenvalue weighted by atomic mass is 16.2. The monoisotopic (exact) mass is 123 g/mol. The standard InChI is InChI=1S/C7H9NO/c1-3-4-7(2)5-6-8-9/h3-6H,1H2,2H3/b6-5-,7-4-. The fourth-order valence-corrected chi connectivity index (χ4v) is 0.389. The number of nitroso groups, excluding NO2 is 1. The Balaban J connectivity index is 3.88. The molecule has 0 bridgehead atoms. The first-order chi connectivity index (χ1) is 4.31. The molecule has 2 nitrogen and oxygen atoms in total. The van der Waals surface area contributed by atoms with Crippen molar-refractivity contribution >= 4 is 0 Å². The van der Waals surface area contributed by atoms with E-state index in [0.717, 1.165) is 5.57 Å². The van der Waals surface area contributed by atoms with Crippen molar-refractivity contribution < 1.29 is 0 Å². The second-order valence-electron chi connectivity index (χ2n) is 1.57. The van der Waals surface area contributed by atoms with E-state index in [1.165, 1.54) is 6.20 Å². The highest BCUT2D eigenvalue weighted by Gasteiger charge is 1.74. The molecule has 48 valence electrons. The predicted molar refractivity (Wildman–Crippen MR) is 38.9 cm³/mol. The van der Waals surface area contributed by atoms with Crippen LogP contribution >= 0.6 is 0 Å². The van der Waals surface area contributed by atoms with Crippen molar-refractivity contribution in [2.45, 2.75) is 6.92 Å². The van der Waals surface area contributed by atoms with Gasteiger partial charge in [-0.25, -0.2) is 0 Å². The second-order valence-corrected chi connectivity index (χ2v) is 1.57. The van der Waals surface area contributed by atoms with Crippen molar-refractivity contribution in [3.63, 3.8) is 0 Å². The van der Waals surface area contributed by atoms with Crippen LogP contribution in [0.15, 0.2) is 41.8 Å². The molecule has 0 aromatic heterocycles. The van der Waals surface area contributed by atoms with Gasteiger partial charge in [0.15, 0.2) is 0 Å². The SMILES string of the molecule is C=C/C=C(C)\C=C/N=O. The molecule has 0 aliphatic carbocycles. The average molecular weight is 123 g/mol. The van der Waals surface area contributed by atoms with E-state index in [4.69, 9.17) is 0 Å². The Labute approximate surface area is 54.6 Å². The highest BCUT2D eigenvalue weighted by Crippen LogP contribution is 1.93. The molecule has 0 N–H and O–H groups in total. The summed E-state index contributed by atoms with van der Waals surface area (Å²) in [5, 5.41) is 2.55. The predicted octanol–water partition coefficient (Wildman–Crippen LogP) is 2.40. The molecule has 0 radical (unpaired) electrons. The van der Waals surface area contributed by atoms with Gasteiger partial charge in [-0.15, -0.1) is 4.91 Å². The molecule has 0 aliphatic heterocycles. The van der Waals surface area contributed by atoms with Crippen molar-refractivity contribution in [2.24, 2.45) is 5.18 Å². The van der Waals surface area contributed by atoms with Crippen molar-refractivity contribution in [1.29, 1.82) is 0 Å². The van der Waals surface area contributed by atoms with Crippen LogP contribution in [0.2, 0.25) is 0 Å². The maximum Gasteiger partial charge on any atom is 0.0717 e. The van der Waals surface area contributed by atoms with Crippen molar-refractivity contribution in [2.75, 3.05) is 0 Å². The van der Waals surface area contributed by atoms with Gasteiger partial charge >= 0.3 is 0 Å². The van der Waals surface area contributed by atoms with E-state index in [0.29, 0.717) is 0 Å². The molecule has 9 heavy (non-hydrogen) atoms. The molecule has 0 spiro atoms. The van der Waals surface area contributed by atoms with Crippen LogP contribution in [0.5, 0.6) is 0 Å². The summed E-state index contributed by atoms with van der Waals surface area (Å²) in [6, 6.07) is 0. The molecule has 0 aromatic carbocycles. The Hall–Kier alpha value is -1.18. The van der Waals surface area contributed by atoms with E-state index in [1.54, 1.807) is 18.2 Å². The maximum atomic E-state index is 9.52. The molecule has 0 heterocycles. The van der Waals surface area contributed by atoms with Gasteiger partial charge in [0.25, 0.3) is 0 Å². The van der Waals surface area contributed by atoms with Crippen LogP contribution in [0.25, 0.3) is 0 Å². The van der Waals surface area contributed by atoms with Gasteiger partial charge in [-0.2, -0.15) is 0 Å². The lowest BCUT2D eigenvalue weighted by atomic mass is 10.3. The quantitative estimate of drug-likeness (QED) is 0.418. The lowest BCUT2D eigenvalue weighted by Crippen LogP contribution is -1.62. The molecule has 0 aromatic rings. The van der Waals surface area contributed by atoms with Crippen LogP contribution in [0.4, 0.5) is 0 Å². The minimum absolute atomic E-state index is 0.963. The molecule has 0 rings (SSSR count). The van der Waals surface area contributed by atoms with Gasteiger partial charge in [0.1, 0.15) is 0 Å². The topological polar surface area (TPSA) is 29.4 Å². The normalized spacial score (nSPS) is 11.9. The summed E-state index contributed by atoms with van der Waals surface area (Å²) in [5.41, 5.74) is 0.963. The minimum Gasteiger partial charge on any atom is -0.145 e. The first-order valence-electron chi connectivity index (χ1n) is 2.59. The Bertz CT molecular complexity index is 156. The van der Waals surface area contributed by atoms with Crippen molar-refractivity contribution in [1.82, 2.24) is 0 Å². The van der Waals surface area contributed by atoms with Gasteiger partial charge in [0, 0.05) is 0 Å². The number of rotatable bonds is 3. The van der Waals surface area contributed by atoms with Gasteiger partial charge in [-0.05, 0) is 23.7 Å². The van der Waals surface area contributed by atoms with E-state index < -0.39 is 0 Å². The molecule has 0 saturated heterocycles. The smallest absolute Gasteiger partial charge is 0.0717 e. The third-order valence-electron chi connectivity index (χ3n) is 0.779. The van der Waals surface area contributed by atoms with E-state index in [-0.39, 0.29) is 0 Å². The third kappa shape index (κ3) is 4.68. The summed E-state index contributed by atoms with van der Waals surface area (Å²) in [5.74, 6) is 0. The molecule has 2 heteroatoms. The number of allylic oxidation sites excluding steroid dienone is 4. The van der Waals surface area contributed by atoms with E-state index >= 15 is 0 Å². The Morgan fingerprint density at radius 1 is 1.67 bits per heavy atom. The van der Waals surface area contributed by atoms with Gasteiger partial charge in [0.05, 0.1) is 6.20 Å². The van der Waals surface area contributed by atoms with E-state index in [9.17, 15) is 4.91 Å². The summed E-state index contributed by atoms with van der Waals surface area (Å²) in [7, 11) is 0. The fourth-order valence-electron chi connectivity index (χ4n) is 0.389. The minimum atomic E-state index is 0.963. The van der Waals surface area contributed by atoms with E-state index in [1.807, 2.05) is 6.92 Å². The van der Waals surface area contributed by atoms with E-state index in [2.05, 4.69) is 11.8 Å². The largest absolute Gasteiger partial charge is 0.145 e. The zero-order valence-corrected chi connectivity index (χ0v) is 5.37. The van der Waals surface area contributed by atoms with Gasteiger partial charge in [-0.3, -0.25) is 0 Å². The number of hydrogen-bond donors (Lipinski definition) is 0. The highest BCUT2D eigenvalue weighted by molar-refractivity contribution is 5.19. The molecule has 0 unspecified atom stereocenters. The Morgan fingerprint density at radius 3 is 2.78 bits per heavy atom. The summed E-state index contributed by atoms with van der Waals surface area (Å²) in [6.07, 6.45) is 6.27. The third-order valence-corrected chi connectivity index (χ3v) is 0.779. The first-order valence-corrected chi connectivity index (χ1v) is 2.59. The lowest BCUT2D eigenvalue weighted by Gasteiger charge is -1.81. The van der Waals surface area contributed by atoms with Crippen molar-refractivity contribution in [3.05, 3.63) is 41.5 Å². The molecule has 0 amide bonds. The number of nitrogens with zero attached hydrogens (tertiary/aromatic N) is 1.